The van der Waals surface area contributed by atoms with Crippen molar-refractivity contribution < 1.29 is 57.2 Å². The molecule has 0 heterocycles. The topological polar surface area (TPSA) is 158 Å². The van der Waals surface area contributed by atoms with Crippen molar-refractivity contribution in [1.29, 1.82) is 0 Å². The smallest absolute Gasteiger partial charge is 0.330 e. The Kier molecular flexibility index (Phi) is 16.0. The molecule has 0 bridgehead atoms. The third-order valence-electron chi connectivity index (χ3n) is 3.19. The maximum Gasteiger partial charge on any atom is 0.330 e. The molecule has 0 saturated heterocycles. The number of ether oxygens (including phenoxy) is 6. The number of hydrogen-bond acceptors (Lipinski definition) is 12. The Labute approximate surface area is 184 Å². The van der Waals surface area contributed by atoms with Crippen LogP contribution in [-0.2, 0) is 57.2 Å². The van der Waals surface area contributed by atoms with E-state index in [0.717, 1.165) is 12.2 Å². The van der Waals surface area contributed by atoms with Crippen molar-refractivity contribution in [3.63, 3.8) is 0 Å². The SMILES string of the molecule is C=CC(=O)OCCOC(=O)CCC(=O)OCCOC(=O)CCC(=O)OCCOC(=O)C=C. The second-order valence-electron chi connectivity index (χ2n) is 5.63. The van der Waals surface area contributed by atoms with Gasteiger partial charge in [0.25, 0.3) is 0 Å². The van der Waals surface area contributed by atoms with E-state index in [4.69, 9.17) is 18.9 Å². The first-order valence-electron chi connectivity index (χ1n) is 9.49. The molecule has 0 aromatic rings. The first kappa shape index (κ1) is 28.3. The predicted molar refractivity (Wildman–Crippen MR) is 105 cm³/mol. The largest absolute Gasteiger partial charge is 0.462 e. The van der Waals surface area contributed by atoms with Gasteiger partial charge < -0.3 is 28.4 Å². The van der Waals surface area contributed by atoms with E-state index in [1.54, 1.807) is 0 Å². The van der Waals surface area contributed by atoms with Crippen LogP contribution < -0.4 is 0 Å². The van der Waals surface area contributed by atoms with Gasteiger partial charge in [0.05, 0.1) is 25.7 Å². The summed E-state index contributed by atoms with van der Waals surface area (Å²) < 4.78 is 28.3. The number of esters is 6. The van der Waals surface area contributed by atoms with E-state index in [0.29, 0.717) is 0 Å². The van der Waals surface area contributed by atoms with Crippen LogP contribution in [0.2, 0.25) is 0 Å². The van der Waals surface area contributed by atoms with Gasteiger partial charge in [-0.05, 0) is 0 Å². The number of carbonyl (C=O) groups is 6. The molecule has 0 aromatic heterocycles. The Bertz CT molecular complexity index is 624. The molecule has 0 spiro atoms. The van der Waals surface area contributed by atoms with Crippen molar-refractivity contribution >= 4 is 35.8 Å². The van der Waals surface area contributed by atoms with Crippen LogP contribution in [0.15, 0.2) is 25.3 Å². The minimum Gasteiger partial charge on any atom is -0.462 e. The molecule has 0 rings (SSSR count). The van der Waals surface area contributed by atoms with Crippen molar-refractivity contribution in [1.82, 2.24) is 0 Å². The average molecular weight is 458 g/mol. The van der Waals surface area contributed by atoms with Gasteiger partial charge in [-0.1, -0.05) is 13.2 Å². The fourth-order valence-corrected chi connectivity index (χ4v) is 1.72. The predicted octanol–water partition coefficient (Wildman–Crippen LogP) is 0.178. The third kappa shape index (κ3) is 17.2. The van der Waals surface area contributed by atoms with Gasteiger partial charge in [-0.2, -0.15) is 0 Å². The van der Waals surface area contributed by atoms with E-state index in [1.807, 2.05) is 0 Å². The number of rotatable bonds is 17. The van der Waals surface area contributed by atoms with Crippen LogP contribution in [0, 0.1) is 0 Å². The zero-order valence-corrected chi connectivity index (χ0v) is 17.5. The van der Waals surface area contributed by atoms with Crippen molar-refractivity contribution in [2.45, 2.75) is 25.7 Å². The normalized spacial score (nSPS) is 9.62. The highest BCUT2D eigenvalue weighted by Crippen LogP contribution is 1.99. The van der Waals surface area contributed by atoms with E-state index in [2.05, 4.69) is 22.6 Å². The van der Waals surface area contributed by atoms with E-state index in [-0.39, 0.29) is 65.3 Å². The Morgan fingerprint density at radius 1 is 0.438 bits per heavy atom. The molecule has 0 aliphatic heterocycles. The van der Waals surface area contributed by atoms with E-state index in [9.17, 15) is 28.8 Å². The molecule has 0 aliphatic rings. The van der Waals surface area contributed by atoms with Gasteiger partial charge in [-0.3, -0.25) is 19.2 Å². The molecule has 12 nitrogen and oxygen atoms in total. The molecular formula is C20H26O12. The van der Waals surface area contributed by atoms with E-state index >= 15 is 0 Å². The molecule has 0 amide bonds. The van der Waals surface area contributed by atoms with E-state index < -0.39 is 35.8 Å². The quantitative estimate of drug-likeness (QED) is 0.126. The summed E-state index contributed by atoms with van der Waals surface area (Å²) >= 11 is 0. The first-order valence-corrected chi connectivity index (χ1v) is 9.49. The van der Waals surface area contributed by atoms with Crippen LogP contribution in [0.5, 0.6) is 0 Å². The minimum absolute atomic E-state index is 0.130. The molecule has 0 saturated carbocycles. The van der Waals surface area contributed by atoms with E-state index in [1.165, 1.54) is 0 Å². The van der Waals surface area contributed by atoms with Crippen LogP contribution in [0.1, 0.15) is 25.7 Å². The summed E-state index contributed by atoms with van der Waals surface area (Å²) in [5, 5.41) is 0. The van der Waals surface area contributed by atoms with Gasteiger partial charge >= 0.3 is 35.8 Å². The minimum atomic E-state index is -0.697. The molecule has 12 heteroatoms. The van der Waals surface area contributed by atoms with Crippen molar-refractivity contribution in [3.8, 4) is 0 Å². The molecule has 0 N–H and O–H groups in total. The molecule has 0 fully saturated rings. The maximum absolute atomic E-state index is 11.5. The summed E-state index contributed by atoms with van der Waals surface area (Å²) in [4.78, 5) is 67.4. The fraction of sp³-hybridized carbons (Fsp3) is 0.500. The summed E-state index contributed by atoms with van der Waals surface area (Å²) in [7, 11) is 0. The van der Waals surface area contributed by atoms with Gasteiger partial charge in [0.2, 0.25) is 0 Å². The first-order chi connectivity index (χ1) is 15.3. The Morgan fingerprint density at radius 2 is 0.656 bits per heavy atom. The lowest BCUT2D eigenvalue weighted by atomic mass is 10.3. The standard InChI is InChI=1S/C20H26O12/c1-3-15(21)27-9-11-29-17(23)5-7-19(25)31-13-14-32-20(26)8-6-18(24)30-12-10-28-16(22)4-2/h3-4H,1-2,5-14H2. The number of hydrogen-bond donors (Lipinski definition) is 0. The molecule has 0 atom stereocenters. The van der Waals surface area contributed by atoms with Gasteiger partial charge in [-0.25, -0.2) is 9.59 Å². The van der Waals surface area contributed by atoms with Crippen LogP contribution >= 0.6 is 0 Å². The Morgan fingerprint density at radius 3 is 0.875 bits per heavy atom. The summed E-state index contributed by atoms with van der Waals surface area (Å²) in [6.07, 6.45) is 0.988. The van der Waals surface area contributed by atoms with Crippen molar-refractivity contribution in [3.05, 3.63) is 25.3 Å². The third-order valence-corrected chi connectivity index (χ3v) is 3.19. The maximum atomic E-state index is 11.5. The zero-order valence-electron chi connectivity index (χ0n) is 17.5. The Balaban J connectivity index is 3.68. The van der Waals surface area contributed by atoms with Crippen LogP contribution in [0.4, 0.5) is 0 Å². The molecular weight excluding hydrogens is 432 g/mol. The molecule has 0 unspecified atom stereocenters. The molecule has 0 aliphatic carbocycles. The summed E-state index contributed by atoms with van der Waals surface area (Å²) in [6.45, 7) is 5.39. The summed E-state index contributed by atoms with van der Waals surface area (Å²) in [5.41, 5.74) is 0. The fourth-order valence-electron chi connectivity index (χ4n) is 1.72. The molecule has 178 valence electrons. The lowest BCUT2D eigenvalue weighted by molar-refractivity contribution is -0.156. The van der Waals surface area contributed by atoms with Crippen molar-refractivity contribution in [2.24, 2.45) is 0 Å². The number of carbonyl (C=O) groups excluding carboxylic acids is 6. The monoisotopic (exact) mass is 458 g/mol. The second-order valence-corrected chi connectivity index (χ2v) is 5.63. The highest BCUT2D eigenvalue weighted by Gasteiger charge is 2.12. The second kappa shape index (κ2) is 18.1. The summed E-state index contributed by atoms with van der Waals surface area (Å²) in [6, 6.07) is 0. The van der Waals surface area contributed by atoms with Gasteiger partial charge in [0.15, 0.2) is 0 Å². The Hall–Kier alpha value is -3.70. The lowest BCUT2D eigenvalue weighted by Gasteiger charge is -2.07. The highest BCUT2D eigenvalue weighted by molar-refractivity contribution is 5.81. The lowest BCUT2D eigenvalue weighted by Crippen LogP contribution is -2.17. The van der Waals surface area contributed by atoms with Gasteiger partial charge in [0, 0.05) is 12.2 Å². The van der Waals surface area contributed by atoms with Crippen LogP contribution in [0.25, 0.3) is 0 Å². The van der Waals surface area contributed by atoms with Crippen LogP contribution in [0.3, 0.4) is 0 Å². The van der Waals surface area contributed by atoms with Crippen LogP contribution in [-0.4, -0.2) is 75.5 Å². The van der Waals surface area contributed by atoms with Gasteiger partial charge in [-0.15, -0.1) is 0 Å². The van der Waals surface area contributed by atoms with Gasteiger partial charge in [0.1, 0.15) is 39.6 Å². The average Bonchev–Trinajstić information content (AvgIpc) is 2.79. The highest BCUT2D eigenvalue weighted by atomic mass is 16.6. The molecule has 32 heavy (non-hydrogen) atoms. The molecule has 0 aromatic carbocycles. The van der Waals surface area contributed by atoms with Crippen molar-refractivity contribution in [2.75, 3.05) is 39.6 Å². The zero-order chi connectivity index (χ0) is 24.2. The summed E-state index contributed by atoms with van der Waals surface area (Å²) in [5.74, 6) is -4.03. The molecule has 0 radical (unpaired) electrons.